The molecule has 194 valence electrons. The maximum atomic E-state index is 13.5. The highest BCUT2D eigenvalue weighted by Crippen LogP contribution is 2.37. The number of anilines is 1. The molecule has 3 aromatic heterocycles. The van der Waals surface area contributed by atoms with Gasteiger partial charge in [-0.1, -0.05) is 0 Å². The van der Waals surface area contributed by atoms with Gasteiger partial charge in [0.15, 0.2) is 0 Å². The van der Waals surface area contributed by atoms with Crippen LogP contribution in [0.3, 0.4) is 0 Å². The van der Waals surface area contributed by atoms with Crippen LogP contribution in [0.25, 0.3) is 22.4 Å². The van der Waals surface area contributed by atoms with Gasteiger partial charge in [0.2, 0.25) is 0 Å². The SMILES string of the molecule is COC(=O)c1cc(OC)c2c(c1)nc(-c1ccc(N3CCCC3C(F)(F)F)nc1)n2Cc1ccn(C)n1. The topological polar surface area (TPSA) is 87.3 Å². The van der Waals surface area contributed by atoms with Crippen molar-refractivity contribution in [2.45, 2.75) is 31.6 Å². The maximum Gasteiger partial charge on any atom is 0.408 e. The van der Waals surface area contributed by atoms with E-state index in [9.17, 15) is 18.0 Å². The molecule has 1 aliphatic rings. The molecule has 5 rings (SSSR count). The number of carbonyl (C=O) groups is 1. The van der Waals surface area contributed by atoms with Crippen molar-refractivity contribution in [2.75, 3.05) is 25.7 Å². The summed E-state index contributed by atoms with van der Waals surface area (Å²) in [5.74, 6) is 0.662. The third-order valence-electron chi connectivity index (χ3n) is 6.47. The minimum absolute atomic E-state index is 0.0507. The molecule has 9 nitrogen and oxygen atoms in total. The fourth-order valence-electron chi connectivity index (χ4n) is 4.77. The van der Waals surface area contributed by atoms with Crippen LogP contribution in [0, 0.1) is 0 Å². The molecule has 0 N–H and O–H groups in total. The molecule has 1 unspecified atom stereocenters. The number of hydrogen-bond donors (Lipinski definition) is 0. The number of hydrogen-bond acceptors (Lipinski definition) is 7. The highest BCUT2D eigenvalue weighted by atomic mass is 19.4. The Labute approximate surface area is 210 Å². The Morgan fingerprint density at radius 1 is 1.19 bits per heavy atom. The molecule has 37 heavy (non-hydrogen) atoms. The van der Waals surface area contributed by atoms with E-state index in [2.05, 4.69) is 10.1 Å². The fourth-order valence-corrected chi connectivity index (χ4v) is 4.77. The predicted molar refractivity (Wildman–Crippen MR) is 130 cm³/mol. The molecule has 0 spiro atoms. The van der Waals surface area contributed by atoms with Crippen molar-refractivity contribution >= 4 is 22.8 Å². The average Bonchev–Trinajstić information content (AvgIpc) is 3.62. The first-order chi connectivity index (χ1) is 17.7. The van der Waals surface area contributed by atoms with Crippen molar-refractivity contribution in [2.24, 2.45) is 7.05 Å². The van der Waals surface area contributed by atoms with Crippen LogP contribution in [0.15, 0.2) is 42.7 Å². The zero-order valence-electron chi connectivity index (χ0n) is 20.5. The first kappa shape index (κ1) is 24.6. The molecule has 0 aliphatic carbocycles. The summed E-state index contributed by atoms with van der Waals surface area (Å²) in [7, 11) is 4.60. The molecule has 1 saturated heterocycles. The van der Waals surface area contributed by atoms with Crippen molar-refractivity contribution in [1.82, 2.24) is 24.3 Å². The van der Waals surface area contributed by atoms with Crippen molar-refractivity contribution < 1.29 is 27.4 Å². The molecule has 0 saturated carbocycles. The quantitative estimate of drug-likeness (QED) is 0.356. The van der Waals surface area contributed by atoms with Crippen LogP contribution >= 0.6 is 0 Å². The molecule has 1 fully saturated rings. The number of carbonyl (C=O) groups excluding carboxylic acids is 1. The lowest BCUT2D eigenvalue weighted by molar-refractivity contribution is -0.146. The largest absolute Gasteiger partial charge is 0.494 e. The number of halogens is 3. The maximum absolute atomic E-state index is 13.5. The van der Waals surface area contributed by atoms with Gasteiger partial charge in [-0.15, -0.1) is 0 Å². The van der Waals surface area contributed by atoms with Crippen LogP contribution in [0.1, 0.15) is 28.9 Å². The van der Waals surface area contributed by atoms with Gasteiger partial charge < -0.3 is 18.9 Å². The number of methoxy groups -OCH3 is 2. The van der Waals surface area contributed by atoms with Crippen molar-refractivity contribution in [3.63, 3.8) is 0 Å². The molecule has 0 radical (unpaired) electrons. The lowest BCUT2D eigenvalue weighted by atomic mass is 10.2. The molecular formula is C25H25F3N6O3. The van der Waals surface area contributed by atoms with E-state index in [1.165, 1.54) is 25.3 Å². The number of esters is 1. The van der Waals surface area contributed by atoms with E-state index in [4.69, 9.17) is 14.5 Å². The van der Waals surface area contributed by atoms with Crippen molar-refractivity contribution in [1.29, 1.82) is 0 Å². The van der Waals surface area contributed by atoms with Gasteiger partial charge in [-0.25, -0.2) is 14.8 Å². The average molecular weight is 515 g/mol. The Morgan fingerprint density at radius 2 is 2.00 bits per heavy atom. The van der Waals surface area contributed by atoms with E-state index in [0.29, 0.717) is 47.7 Å². The summed E-state index contributed by atoms with van der Waals surface area (Å²) in [6.07, 6.45) is -0.471. The van der Waals surface area contributed by atoms with E-state index in [1.54, 1.807) is 28.9 Å². The van der Waals surface area contributed by atoms with Gasteiger partial charge in [-0.2, -0.15) is 18.3 Å². The minimum atomic E-state index is -4.32. The van der Waals surface area contributed by atoms with Gasteiger partial charge in [0.1, 0.15) is 29.0 Å². The Kier molecular flexibility index (Phi) is 6.26. The number of fused-ring (bicyclic) bond motifs is 1. The van der Waals surface area contributed by atoms with Crippen LogP contribution in [0.5, 0.6) is 5.75 Å². The summed E-state index contributed by atoms with van der Waals surface area (Å²) in [5.41, 5.74) is 2.77. The zero-order chi connectivity index (χ0) is 26.3. The van der Waals surface area contributed by atoms with Crippen molar-refractivity contribution in [3.8, 4) is 17.1 Å². The van der Waals surface area contributed by atoms with E-state index in [1.807, 2.05) is 23.9 Å². The van der Waals surface area contributed by atoms with Gasteiger partial charge in [0.25, 0.3) is 0 Å². The van der Waals surface area contributed by atoms with Crippen LogP contribution in [0.4, 0.5) is 19.0 Å². The normalized spacial score (nSPS) is 15.9. The number of aryl methyl sites for hydroxylation is 1. The molecule has 12 heteroatoms. The Balaban J connectivity index is 1.61. The van der Waals surface area contributed by atoms with Crippen LogP contribution in [0.2, 0.25) is 0 Å². The number of alkyl halides is 3. The fraction of sp³-hybridized carbons (Fsp3) is 0.360. The van der Waals surface area contributed by atoms with Crippen molar-refractivity contribution in [3.05, 3.63) is 54.0 Å². The van der Waals surface area contributed by atoms with Gasteiger partial charge in [-0.3, -0.25) is 4.68 Å². The van der Waals surface area contributed by atoms with Crippen LogP contribution in [-0.2, 0) is 18.3 Å². The summed E-state index contributed by atoms with van der Waals surface area (Å²) >= 11 is 0. The summed E-state index contributed by atoms with van der Waals surface area (Å²) in [4.78, 5) is 22.7. The smallest absolute Gasteiger partial charge is 0.408 e. The molecule has 1 aliphatic heterocycles. The second-order valence-electron chi connectivity index (χ2n) is 8.84. The van der Waals surface area contributed by atoms with Crippen LogP contribution in [-0.4, -0.2) is 63.3 Å². The third kappa shape index (κ3) is 4.58. The second kappa shape index (κ2) is 9.41. The summed E-state index contributed by atoms with van der Waals surface area (Å²) in [6.45, 7) is 0.632. The lowest BCUT2D eigenvalue weighted by Gasteiger charge is -2.27. The molecule has 0 amide bonds. The van der Waals surface area contributed by atoms with Gasteiger partial charge in [0, 0.05) is 31.5 Å². The number of rotatable bonds is 6. The van der Waals surface area contributed by atoms with Gasteiger partial charge in [-0.05, 0) is 43.2 Å². The monoisotopic (exact) mass is 514 g/mol. The lowest BCUT2D eigenvalue weighted by Crippen LogP contribution is -2.41. The molecule has 1 aromatic carbocycles. The third-order valence-corrected chi connectivity index (χ3v) is 6.47. The van der Waals surface area contributed by atoms with Crippen LogP contribution < -0.4 is 9.64 Å². The Hall–Kier alpha value is -4.09. The number of benzene rings is 1. The second-order valence-corrected chi connectivity index (χ2v) is 8.84. The molecule has 4 heterocycles. The number of aromatic nitrogens is 5. The highest BCUT2D eigenvalue weighted by Gasteiger charge is 2.46. The van der Waals surface area contributed by atoms with E-state index in [0.717, 1.165) is 5.69 Å². The highest BCUT2D eigenvalue weighted by molar-refractivity contribution is 5.97. The van der Waals surface area contributed by atoms with E-state index >= 15 is 0 Å². The molecule has 0 bridgehead atoms. The van der Waals surface area contributed by atoms with Gasteiger partial charge in [0.05, 0.1) is 37.5 Å². The summed E-state index contributed by atoms with van der Waals surface area (Å²) < 4.78 is 54.5. The molecule has 4 aromatic rings. The molecule has 1 atom stereocenters. The number of nitrogens with zero attached hydrogens (tertiary/aromatic N) is 6. The molecular weight excluding hydrogens is 489 g/mol. The summed E-state index contributed by atoms with van der Waals surface area (Å²) in [6, 6.07) is 6.82. The number of pyridine rings is 1. The number of imidazole rings is 1. The first-order valence-electron chi connectivity index (χ1n) is 11.6. The van der Waals surface area contributed by atoms with E-state index in [-0.39, 0.29) is 17.8 Å². The Bertz CT molecular complexity index is 1440. The van der Waals surface area contributed by atoms with E-state index < -0.39 is 18.2 Å². The first-order valence-corrected chi connectivity index (χ1v) is 11.6. The van der Waals surface area contributed by atoms with Gasteiger partial charge >= 0.3 is 12.1 Å². The zero-order valence-corrected chi connectivity index (χ0v) is 20.5. The minimum Gasteiger partial charge on any atom is -0.494 e. The summed E-state index contributed by atoms with van der Waals surface area (Å²) in [5, 5.41) is 4.46. The predicted octanol–water partition coefficient (Wildman–Crippen LogP) is 4.21. The Morgan fingerprint density at radius 3 is 2.62 bits per heavy atom. The standard InChI is InChI=1S/C25H25F3N6O3/c1-32-10-8-17(31-32)14-34-22-18(11-16(24(35)37-3)12-19(22)36-2)30-23(34)15-6-7-21(29-13-15)33-9-4-5-20(33)25(26,27)28/h6-8,10-13,20H,4-5,9,14H2,1-3H3. The number of ether oxygens (including phenoxy) is 2.